The Bertz CT molecular complexity index is 781. The Hall–Kier alpha value is -2.82. The van der Waals surface area contributed by atoms with Crippen molar-refractivity contribution in [2.75, 3.05) is 6.61 Å². The summed E-state index contributed by atoms with van der Waals surface area (Å²) in [5, 5.41) is 0. The van der Waals surface area contributed by atoms with Crippen molar-refractivity contribution in [2.45, 2.75) is 13.5 Å². The number of aromatic amines is 1. The Kier molecular flexibility index (Phi) is 4.05. The third-order valence-corrected chi connectivity index (χ3v) is 3.17. The summed E-state index contributed by atoms with van der Waals surface area (Å²) in [6.45, 7) is 2.57. The minimum atomic E-state index is -0.382. The summed E-state index contributed by atoms with van der Waals surface area (Å²) < 4.78 is 10.6. The largest absolute Gasteiger partial charge is 0.473 e. The monoisotopic (exact) mass is 296 g/mol. The minimum absolute atomic E-state index is 0.340. The Labute approximate surface area is 127 Å². The number of ether oxygens (including phenoxy) is 2. The first-order valence-electron chi connectivity index (χ1n) is 7.10. The molecule has 2 aromatic heterocycles. The third-order valence-electron chi connectivity index (χ3n) is 3.17. The maximum Gasteiger partial charge on any atom is 0.354 e. The van der Waals surface area contributed by atoms with Crippen LogP contribution in [0.25, 0.3) is 11.0 Å². The molecule has 0 atom stereocenters. The van der Waals surface area contributed by atoms with Gasteiger partial charge in [0.2, 0.25) is 5.88 Å². The lowest BCUT2D eigenvalue weighted by atomic mass is 10.2. The molecule has 3 aromatic rings. The van der Waals surface area contributed by atoms with E-state index in [2.05, 4.69) is 9.97 Å². The molecule has 5 nitrogen and oxygen atoms in total. The van der Waals surface area contributed by atoms with Crippen molar-refractivity contribution in [1.82, 2.24) is 9.97 Å². The van der Waals surface area contributed by atoms with Gasteiger partial charge in [-0.1, -0.05) is 30.3 Å². The molecule has 0 amide bonds. The van der Waals surface area contributed by atoms with Crippen molar-refractivity contribution in [1.29, 1.82) is 0 Å². The highest BCUT2D eigenvalue weighted by molar-refractivity contribution is 5.93. The van der Waals surface area contributed by atoms with Gasteiger partial charge in [0.05, 0.1) is 17.6 Å². The van der Waals surface area contributed by atoms with Gasteiger partial charge in [0, 0.05) is 6.07 Å². The number of nitrogens with zero attached hydrogens (tertiary/aromatic N) is 1. The number of hydrogen-bond donors (Lipinski definition) is 1. The number of H-pyrrole nitrogens is 1. The summed E-state index contributed by atoms with van der Waals surface area (Å²) in [7, 11) is 0. The van der Waals surface area contributed by atoms with E-state index in [1.165, 1.54) is 0 Å². The smallest absolute Gasteiger partial charge is 0.354 e. The van der Waals surface area contributed by atoms with Gasteiger partial charge in [0.15, 0.2) is 0 Å². The summed E-state index contributed by atoms with van der Waals surface area (Å²) in [4.78, 5) is 19.1. The number of esters is 1. The normalized spacial score (nSPS) is 10.6. The number of fused-ring (bicyclic) bond motifs is 1. The van der Waals surface area contributed by atoms with Crippen LogP contribution in [-0.2, 0) is 11.3 Å². The number of aromatic nitrogens is 2. The molecule has 0 aliphatic carbocycles. The Morgan fingerprint density at radius 1 is 1.18 bits per heavy atom. The number of benzene rings is 1. The van der Waals surface area contributed by atoms with Crippen LogP contribution in [0, 0.1) is 0 Å². The van der Waals surface area contributed by atoms with Crippen LogP contribution in [0.4, 0.5) is 0 Å². The van der Waals surface area contributed by atoms with Gasteiger partial charge >= 0.3 is 5.97 Å². The van der Waals surface area contributed by atoms with E-state index in [0.29, 0.717) is 30.3 Å². The molecular formula is C17H16N2O3. The zero-order chi connectivity index (χ0) is 15.4. The summed E-state index contributed by atoms with van der Waals surface area (Å²) in [5.41, 5.74) is 2.92. The fraction of sp³-hybridized carbons (Fsp3) is 0.176. The fourth-order valence-corrected chi connectivity index (χ4v) is 2.12. The molecule has 2 heterocycles. The van der Waals surface area contributed by atoms with Crippen molar-refractivity contribution >= 4 is 17.0 Å². The molecule has 0 spiro atoms. The van der Waals surface area contributed by atoms with Crippen LogP contribution in [0.2, 0.25) is 0 Å². The lowest BCUT2D eigenvalue weighted by Gasteiger charge is -2.04. The molecule has 1 aromatic carbocycles. The van der Waals surface area contributed by atoms with E-state index in [1.54, 1.807) is 19.1 Å². The van der Waals surface area contributed by atoms with Crippen molar-refractivity contribution in [3.8, 4) is 5.88 Å². The second-order valence-corrected chi connectivity index (χ2v) is 4.76. The Morgan fingerprint density at radius 2 is 2.00 bits per heavy atom. The molecule has 0 aliphatic rings. The Morgan fingerprint density at radius 3 is 2.77 bits per heavy atom. The molecular weight excluding hydrogens is 280 g/mol. The van der Waals surface area contributed by atoms with Crippen molar-refractivity contribution in [3.05, 3.63) is 59.8 Å². The molecule has 0 saturated heterocycles. The zero-order valence-corrected chi connectivity index (χ0v) is 12.2. The van der Waals surface area contributed by atoms with E-state index >= 15 is 0 Å². The topological polar surface area (TPSA) is 64.2 Å². The first-order valence-corrected chi connectivity index (χ1v) is 7.10. The van der Waals surface area contributed by atoms with Gasteiger partial charge in [0.25, 0.3) is 0 Å². The van der Waals surface area contributed by atoms with Gasteiger partial charge in [-0.2, -0.15) is 0 Å². The van der Waals surface area contributed by atoms with Crippen molar-refractivity contribution in [2.24, 2.45) is 0 Å². The number of carbonyl (C=O) groups is 1. The lowest BCUT2D eigenvalue weighted by molar-refractivity contribution is 0.0520. The minimum Gasteiger partial charge on any atom is -0.473 e. The highest BCUT2D eigenvalue weighted by Crippen LogP contribution is 2.19. The number of nitrogens with one attached hydrogen (secondary N) is 1. The predicted molar refractivity (Wildman–Crippen MR) is 82.8 cm³/mol. The van der Waals surface area contributed by atoms with Gasteiger partial charge in [0.1, 0.15) is 12.3 Å². The maximum atomic E-state index is 11.7. The second-order valence-electron chi connectivity index (χ2n) is 4.76. The van der Waals surface area contributed by atoms with Gasteiger partial charge in [-0.15, -0.1) is 0 Å². The van der Waals surface area contributed by atoms with Crippen LogP contribution < -0.4 is 4.74 Å². The average molecular weight is 296 g/mol. The summed E-state index contributed by atoms with van der Waals surface area (Å²) in [6, 6.07) is 15.2. The maximum absolute atomic E-state index is 11.7. The molecule has 3 rings (SSSR count). The van der Waals surface area contributed by atoms with E-state index < -0.39 is 0 Å². The fourth-order valence-electron chi connectivity index (χ4n) is 2.12. The zero-order valence-electron chi connectivity index (χ0n) is 12.2. The van der Waals surface area contributed by atoms with Crippen LogP contribution >= 0.6 is 0 Å². The summed E-state index contributed by atoms with van der Waals surface area (Å²) in [6.07, 6.45) is 0. The first kappa shape index (κ1) is 14.1. The van der Waals surface area contributed by atoms with Crippen LogP contribution in [0.15, 0.2) is 48.5 Å². The van der Waals surface area contributed by atoms with Gasteiger partial charge in [-0.25, -0.2) is 9.78 Å². The number of carbonyl (C=O) groups excluding carboxylic acids is 1. The van der Waals surface area contributed by atoms with Gasteiger partial charge in [-0.05, 0) is 24.6 Å². The van der Waals surface area contributed by atoms with E-state index in [-0.39, 0.29) is 5.97 Å². The molecule has 0 saturated carbocycles. The van der Waals surface area contributed by atoms with E-state index in [0.717, 1.165) is 11.1 Å². The molecule has 5 heteroatoms. The predicted octanol–water partition coefficient (Wildman–Crippen LogP) is 3.32. The van der Waals surface area contributed by atoms with Crippen LogP contribution in [0.5, 0.6) is 5.88 Å². The molecule has 112 valence electrons. The highest BCUT2D eigenvalue weighted by Gasteiger charge is 2.11. The van der Waals surface area contributed by atoms with Crippen LogP contribution in [0.1, 0.15) is 23.0 Å². The Balaban J connectivity index is 1.76. The van der Waals surface area contributed by atoms with Crippen LogP contribution in [0.3, 0.4) is 0 Å². The molecule has 0 unspecified atom stereocenters. The van der Waals surface area contributed by atoms with E-state index in [4.69, 9.17) is 9.47 Å². The highest BCUT2D eigenvalue weighted by atomic mass is 16.5. The van der Waals surface area contributed by atoms with Gasteiger partial charge in [-0.3, -0.25) is 0 Å². The quantitative estimate of drug-likeness (QED) is 0.734. The average Bonchev–Trinajstić information content (AvgIpc) is 2.97. The number of rotatable bonds is 5. The summed E-state index contributed by atoms with van der Waals surface area (Å²) >= 11 is 0. The standard InChI is InChI=1S/C17H16N2O3/c1-2-21-17(20)15-10-14-13(18-15)8-9-16(19-14)22-11-12-6-4-3-5-7-12/h3-10,18H,2,11H2,1H3. The molecule has 0 aliphatic heterocycles. The lowest BCUT2D eigenvalue weighted by Crippen LogP contribution is -2.04. The molecule has 0 bridgehead atoms. The molecule has 1 N–H and O–H groups in total. The third kappa shape index (κ3) is 3.09. The molecule has 0 fully saturated rings. The molecule has 0 radical (unpaired) electrons. The molecule has 22 heavy (non-hydrogen) atoms. The van der Waals surface area contributed by atoms with Crippen LogP contribution in [-0.4, -0.2) is 22.5 Å². The van der Waals surface area contributed by atoms with Crippen molar-refractivity contribution in [3.63, 3.8) is 0 Å². The number of hydrogen-bond acceptors (Lipinski definition) is 4. The summed E-state index contributed by atoms with van der Waals surface area (Å²) in [5.74, 6) is 0.137. The van der Waals surface area contributed by atoms with E-state index in [1.807, 2.05) is 36.4 Å². The SMILES string of the molecule is CCOC(=O)c1cc2nc(OCc3ccccc3)ccc2[nH]1. The van der Waals surface area contributed by atoms with E-state index in [9.17, 15) is 4.79 Å². The number of pyridine rings is 1. The second kappa shape index (κ2) is 6.30. The first-order chi connectivity index (χ1) is 10.8. The van der Waals surface area contributed by atoms with Crippen molar-refractivity contribution < 1.29 is 14.3 Å². The van der Waals surface area contributed by atoms with Gasteiger partial charge < -0.3 is 14.5 Å².